The molecule has 1 unspecified atom stereocenters. The molecule has 0 radical (unpaired) electrons. The fourth-order valence-electron chi connectivity index (χ4n) is 2.42. The van der Waals surface area contributed by atoms with E-state index < -0.39 is 12.7 Å². The van der Waals surface area contributed by atoms with E-state index in [2.05, 4.69) is 10.1 Å². The van der Waals surface area contributed by atoms with E-state index in [0.717, 1.165) is 5.56 Å². The maximum absolute atomic E-state index is 12.5. The van der Waals surface area contributed by atoms with Crippen LogP contribution in [0.5, 0.6) is 11.5 Å². The van der Waals surface area contributed by atoms with Gasteiger partial charge in [-0.1, -0.05) is 30.3 Å². The van der Waals surface area contributed by atoms with E-state index in [1.807, 2.05) is 0 Å². The minimum atomic E-state index is -2.87. The Morgan fingerprint density at radius 1 is 1.17 bits per heavy atom. The van der Waals surface area contributed by atoms with Crippen molar-refractivity contribution in [2.24, 2.45) is 0 Å². The molecule has 0 spiro atoms. The molecule has 0 aliphatic heterocycles. The van der Waals surface area contributed by atoms with Crippen molar-refractivity contribution in [1.82, 2.24) is 5.32 Å². The minimum absolute atomic E-state index is 0.177. The molecular formula is C18H21F2NO3. The zero-order valence-electron chi connectivity index (χ0n) is 13.6. The van der Waals surface area contributed by atoms with E-state index in [4.69, 9.17) is 4.74 Å². The fraction of sp³-hybridized carbons (Fsp3) is 0.333. The largest absolute Gasteiger partial charge is 0.497 e. The molecule has 0 aromatic heterocycles. The zero-order valence-corrected chi connectivity index (χ0v) is 13.6. The van der Waals surface area contributed by atoms with Gasteiger partial charge in [-0.25, -0.2) is 0 Å². The fourth-order valence-corrected chi connectivity index (χ4v) is 2.42. The highest BCUT2D eigenvalue weighted by Crippen LogP contribution is 2.25. The van der Waals surface area contributed by atoms with Gasteiger partial charge in [0.05, 0.1) is 13.2 Å². The maximum Gasteiger partial charge on any atom is 0.387 e. The Kier molecular flexibility index (Phi) is 6.52. The number of alkyl halides is 2. The van der Waals surface area contributed by atoms with Crippen LogP contribution in [0.2, 0.25) is 0 Å². The van der Waals surface area contributed by atoms with E-state index in [1.54, 1.807) is 56.5 Å². The third-order valence-electron chi connectivity index (χ3n) is 3.63. The van der Waals surface area contributed by atoms with Crippen LogP contribution in [0.15, 0.2) is 42.5 Å². The Balaban J connectivity index is 1.97. The summed E-state index contributed by atoms with van der Waals surface area (Å²) in [6.45, 7) is -0.570. The number of aliphatic hydroxyl groups excluding tert-OH is 1. The van der Waals surface area contributed by atoms with Gasteiger partial charge in [0, 0.05) is 18.7 Å². The molecule has 130 valence electrons. The number of methoxy groups -OCH3 is 1. The van der Waals surface area contributed by atoms with Crippen molar-refractivity contribution in [3.63, 3.8) is 0 Å². The van der Waals surface area contributed by atoms with Crippen LogP contribution < -0.4 is 14.8 Å². The number of rotatable bonds is 8. The van der Waals surface area contributed by atoms with Gasteiger partial charge in [0.25, 0.3) is 0 Å². The van der Waals surface area contributed by atoms with Crippen LogP contribution >= 0.6 is 0 Å². The summed E-state index contributed by atoms with van der Waals surface area (Å²) in [5.74, 6) is 0.841. The number of ether oxygens (including phenoxy) is 2. The number of aliphatic hydroxyl groups is 1. The van der Waals surface area contributed by atoms with Gasteiger partial charge in [-0.3, -0.25) is 0 Å². The van der Waals surface area contributed by atoms with Crippen LogP contribution in [0, 0.1) is 6.92 Å². The number of hydrogen-bond donors (Lipinski definition) is 2. The standard InChI is InChI=1S/C18H21F2NO3/c1-12-5-3-7-14(17(12)24-18(19)20)10-21-11-16(22)13-6-4-8-15(9-13)23-2/h3-9,16,18,21-22H,10-11H2,1-2H3. The Hall–Kier alpha value is -2.18. The normalized spacial score (nSPS) is 12.2. The molecule has 2 aromatic carbocycles. The van der Waals surface area contributed by atoms with Gasteiger partial charge < -0.3 is 19.9 Å². The monoisotopic (exact) mass is 337 g/mol. The molecule has 2 aromatic rings. The molecule has 0 amide bonds. The molecule has 0 fully saturated rings. The zero-order chi connectivity index (χ0) is 17.5. The van der Waals surface area contributed by atoms with Gasteiger partial charge in [0.2, 0.25) is 0 Å². The third kappa shape index (κ3) is 4.91. The highest BCUT2D eigenvalue weighted by molar-refractivity contribution is 5.40. The number of para-hydroxylation sites is 1. The Bertz CT molecular complexity index is 664. The van der Waals surface area contributed by atoms with Crippen molar-refractivity contribution in [2.75, 3.05) is 13.7 Å². The molecule has 1 atom stereocenters. The van der Waals surface area contributed by atoms with Gasteiger partial charge in [-0.15, -0.1) is 0 Å². The van der Waals surface area contributed by atoms with E-state index in [0.29, 0.717) is 23.4 Å². The lowest BCUT2D eigenvalue weighted by Gasteiger charge is -2.16. The van der Waals surface area contributed by atoms with Gasteiger partial charge in [0.15, 0.2) is 0 Å². The van der Waals surface area contributed by atoms with Gasteiger partial charge in [-0.2, -0.15) is 8.78 Å². The van der Waals surface area contributed by atoms with Crippen molar-refractivity contribution < 1.29 is 23.4 Å². The Morgan fingerprint density at radius 3 is 2.62 bits per heavy atom. The number of aryl methyl sites for hydroxylation is 1. The smallest absolute Gasteiger partial charge is 0.387 e. The molecule has 0 bridgehead atoms. The first kappa shape index (κ1) is 18.2. The second kappa shape index (κ2) is 8.61. The summed E-state index contributed by atoms with van der Waals surface area (Å²) in [5, 5.41) is 13.3. The van der Waals surface area contributed by atoms with Crippen molar-refractivity contribution in [3.8, 4) is 11.5 Å². The van der Waals surface area contributed by atoms with E-state index >= 15 is 0 Å². The number of nitrogens with one attached hydrogen (secondary N) is 1. The molecule has 24 heavy (non-hydrogen) atoms. The summed E-state index contributed by atoms with van der Waals surface area (Å²) in [7, 11) is 1.56. The lowest BCUT2D eigenvalue weighted by atomic mass is 10.1. The predicted octanol–water partition coefficient (Wildman–Crippen LogP) is 3.43. The summed E-state index contributed by atoms with van der Waals surface area (Å²) in [6.07, 6.45) is -0.732. The summed E-state index contributed by atoms with van der Waals surface area (Å²) < 4.78 is 34.8. The first-order valence-corrected chi connectivity index (χ1v) is 7.57. The van der Waals surface area contributed by atoms with Crippen LogP contribution in [0.1, 0.15) is 22.8 Å². The average Bonchev–Trinajstić information content (AvgIpc) is 2.57. The lowest BCUT2D eigenvalue weighted by Crippen LogP contribution is -2.22. The molecule has 6 heteroatoms. The number of hydrogen-bond acceptors (Lipinski definition) is 4. The van der Waals surface area contributed by atoms with Crippen molar-refractivity contribution in [1.29, 1.82) is 0 Å². The Morgan fingerprint density at radius 2 is 1.92 bits per heavy atom. The number of halogens is 2. The van der Waals surface area contributed by atoms with Crippen LogP contribution in [0.25, 0.3) is 0 Å². The lowest BCUT2D eigenvalue weighted by molar-refractivity contribution is -0.0509. The second-order valence-electron chi connectivity index (χ2n) is 5.36. The Labute approximate surface area is 140 Å². The summed E-state index contributed by atoms with van der Waals surface area (Å²) in [4.78, 5) is 0. The van der Waals surface area contributed by atoms with Crippen molar-refractivity contribution >= 4 is 0 Å². The molecule has 2 rings (SSSR count). The van der Waals surface area contributed by atoms with Crippen LogP contribution in [-0.2, 0) is 6.54 Å². The first-order valence-electron chi connectivity index (χ1n) is 7.57. The van der Waals surface area contributed by atoms with Gasteiger partial charge in [0.1, 0.15) is 11.5 Å². The van der Waals surface area contributed by atoms with Crippen LogP contribution in [-0.4, -0.2) is 25.4 Å². The van der Waals surface area contributed by atoms with E-state index in [1.165, 1.54) is 0 Å². The summed E-state index contributed by atoms with van der Waals surface area (Å²) in [5.41, 5.74) is 1.98. The van der Waals surface area contributed by atoms with Gasteiger partial charge >= 0.3 is 6.61 Å². The molecule has 0 heterocycles. The van der Waals surface area contributed by atoms with Crippen LogP contribution in [0.4, 0.5) is 8.78 Å². The maximum atomic E-state index is 12.5. The minimum Gasteiger partial charge on any atom is -0.497 e. The van der Waals surface area contributed by atoms with Crippen LogP contribution in [0.3, 0.4) is 0 Å². The molecular weight excluding hydrogens is 316 g/mol. The van der Waals surface area contributed by atoms with Crippen molar-refractivity contribution in [2.45, 2.75) is 26.2 Å². The molecule has 0 aliphatic carbocycles. The quantitative estimate of drug-likeness (QED) is 0.775. The highest BCUT2D eigenvalue weighted by Gasteiger charge is 2.13. The average molecular weight is 337 g/mol. The molecule has 0 saturated heterocycles. The van der Waals surface area contributed by atoms with Gasteiger partial charge in [-0.05, 0) is 30.2 Å². The second-order valence-corrected chi connectivity index (χ2v) is 5.36. The molecule has 2 N–H and O–H groups in total. The summed E-state index contributed by atoms with van der Waals surface area (Å²) >= 11 is 0. The van der Waals surface area contributed by atoms with E-state index in [9.17, 15) is 13.9 Å². The topological polar surface area (TPSA) is 50.7 Å². The SMILES string of the molecule is COc1cccc(C(O)CNCc2cccc(C)c2OC(F)F)c1. The summed E-state index contributed by atoms with van der Waals surface area (Å²) in [6, 6.07) is 12.4. The highest BCUT2D eigenvalue weighted by atomic mass is 19.3. The molecule has 0 saturated carbocycles. The third-order valence-corrected chi connectivity index (χ3v) is 3.63. The molecule has 0 aliphatic rings. The van der Waals surface area contributed by atoms with E-state index in [-0.39, 0.29) is 12.3 Å². The van der Waals surface area contributed by atoms with Crippen molar-refractivity contribution in [3.05, 3.63) is 59.2 Å². The molecule has 4 nitrogen and oxygen atoms in total. The number of benzene rings is 2. The predicted molar refractivity (Wildman–Crippen MR) is 87.5 cm³/mol. The first-order chi connectivity index (χ1) is 11.5.